The van der Waals surface area contributed by atoms with Crippen LogP contribution in [0.1, 0.15) is 22.5 Å². The predicted octanol–water partition coefficient (Wildman–Crippen LogP) is 6.53. The standard InChI is InChI=1S/C28H24N2O2S/c1-19-16-24(20(2)30(19)25-13-12-22-10-6-7-11-23(22)17-25)18-26-27(31)29(28(32)33-26)15-14-21-8-4-3-5-9-21/h3-13,16-18H,14-15H2,1-2H3/b26-18-. The predicted molar refractivity (Wildman–Crippen MR) is 136 cm³/mol. The van der Waals surface area contributed by atoms with E-state index in [1.165, 1.54) is 15.7 Å². The minimum atomic E-state index is -0.212. The van der Waals surface area contributed by atoms with Crippen LogP contribution in [0.15, 0.2) is 83.8 Å². The number of carbonyl (C=O) groups excluding carboxylic acids is 2. The van der Waals surface area contributed by atoms with Crippen molar-refractivity contribution < 1.29 is 9.59 Å². The minimum absolute atomic E-state index is 0.203. The summed E-state index contributed by atoms with van der Waals surface area (Å²) in [6.07, 6.45) is 2.51. The van der Waals surface area contributed by atoms with Crippen LogP contribution in [0.3, 0.4) is 0 Å². The zero-order chi connectivity index (χ0) is 22.9. The Hall–Kier alpha value is -3.57. The molecule has 1 aliphatic heterocycles. The normalized spacial score (nSPS) is 15.2. The van der Waals surface area contributed by atoms with Gasteiger partial charge in [-0.15, -0.1) is 0 Å². The van der Waals surface area contributed by atoms with Crippen LogP contribution >= 0.6 is 11.8 Å². The first-order valence-electron chi connectivity index (χ1n) is 11.0. The van der Waals surface area contributed by atoms with Gasteiger partial charge in [-0.05, 0) is 78.2 Å². The van der Waals surface area contributed by atoms with Gasteiger partial charge in [0, 0.05) is 23.6 Å². The van der Waals surface area contributed by atoms with E-state index < -0.39 is 0 Å². The molecule has 0 aliphatic carbocycles. The van der Waals surface area contributed by atoms with Crippen LogP contribution in [0.4, 0.5) is 4.79 Å². The first-order valence-corrected chi connectivity index (χ1v) is 11.8. The number of carbonyl (C=O) groups is 2. The largest absolute Gasteiger partial charge is 0.318 e. The van der Waals surface area contributed by atoms with Crippen LogP contribution in [0, 0.1) is 13.8 Å². The number of thioether (sulfide) groups is 1. The molecule has 0 saturated carbocycles. The van der Waals surface area contributed by atoms with Crippen molar-refractivity contribution in [3.05, 3.63) is 106 Å². The number of benzene rings is 3. The summed E-state index contributed by atoms with van der Waals surface area (Å²) < 4.78 is 2.19. The van der Waals surface area contributed by atoms with Gasteiger partial charge in [0.15, 0.2) is 0 Å². The van der Waals surface area contributed by atoms with E-state index in [1.54, 1.807) is 0 Å². The van der Waals surface area contributed by atoms with E-state index in [-0.39, 0.29) is 11.1 Å². The lowest BCUT2D eigenvalue weighted by molar-refractivity contribution is -0.122. The lowest BCUT2D eigenvalue weighted by Gasteiger charge is -2.12. The molecule has 0 bridgehead atoms. The van der Waals surface area contributed by atoms with Gasteiger partial charge in [0.25, 0.3) is 11.1 Å². The molecule has 33 heavy (non-hydrogen) atoms. The van der Waals surface area contributed by atoms with Gasteiger partial charge >= 0.3 is 0 Å². The van der Waals surface area contributed by atoms with Gasteiger partial charge < -0.3 is 4.57 Å². The second-order valence-corrected chi connectivity index (χ2v) is 9.26. The fraction of sp³-hybridized carbons (Fsp3) is 0.143. The highest BCUT2D eigenvalue weighted by Crippen LogP contribution is 2.34. The third-order valence-corrected chi connectivity index (χ3v) is 7.00. The van der Waals surface area contributed by atoms with Crippen LogP contribution in [0.2, 0.25) is 0 Å². The SMILES string of the molecule is Cc1cc(/C=C2\SC(=O)N(CCc3ccccc3)C2=O)c(C)n1-c1ccc2ccccc2c1. The molecule has 1 saturated heterocycles. The van der Waals surface area contributed by atoms with E-state index in [0.717, 1.165) is 40.0 Å². The second-order valence-electron chi connectivity index (χ2n) is 8.26. The van der Waals surface area contributed by atoms with E-state index in [2.05, 4.69) is 47.9 Å². The monoisotopic (exact) mass is 452 g/mol. The van der Waals surface area contributed by atoms with E-state index in [1.807, 2.05) is 55.5 Å². The van der Waals surface area contributed by atoms with E-state index in [9.17, 15) is 9.59 Å². The molecular formula is C28H24N2O2S. The average Bonchev–Trinajstić information content (AvgIpc) is 3.26. The molecule has 1 aromatic heterocycles. The number of aromatic nitrogens is 1. The van der Waals surface area contributed by atoms with Crippen LogP contribution in [0.25, 0.3) is 22.5 Å². The summed E-state index contributed by atoms with van der Waals surface area (Å²) >= 11 is 1.02. The molecule has 164 valence electrons. The Labute approximate surface area is 197 Å². The van der Waals surface area contributed by atoms with E-state index in [0.29, 0.717) is 17.9 Å². The number of hydrogen-bond acceptors (Lipinski definition) is 3. The molecule has 3 aromatic carbocycles. The molecule has 0 atom stereocenters. The number of fused-ring (bicyclic) bond motifs is 1. The minimum Gasteiger partial charge on any atom is -0.318 e. The Bertz CT molecular complexity index is 1400. The quantitative estimate of drug-likeness (QED) is 0.324. The highest BCUT2D eigenvalue weighted by atomic mass is 32.2. The summed E-state index contributed by atoms with van der Waals surface area (Å²) in [5.41, 5.74) is 5.27. The lowest BCUT2D eigenvalue weighted by Crippen LogP contribution is -2.30. The lowest BCUT2D eigenvalue weighted by atomic mass is 10.1. The highest BCUT2D eigenvalue weighted by Gasteiger charge is 2.34. The number of rotatable bonds is 5. The summed E-state index contributed by atoms with van der Waals surface area (Å²) in [5.74, 6) is -0.212. The second kappa shape index (κ2) is 8.75. The molecular weight excluding hydrogens is 428 g/mol. The van der Waals surface area contributed by atoms with Crippen molar-refractivity contribution in [2.45, 2.75) is 20.3 Å². The zero-order valence-corrected chi connectivity index (χ0v) is 19.4. The molecule has 1 fully saturated rings. The van der Waals surface area contributed by atoms with Crippen LogP contribution in [-0.2, 0) is 11.2 Å². The number of hydrogen-bond donors (Lipinski definition) is 0. The van der Waals surface area contributed by atoms with Gasteiger partial charge in [0.2, 0.25) is 0 Å². The van der Waals surface area contributed by atoms with Crippen molar-refractivity contribution >= 4 is 39.8 Å². The maximum atomic E-state index is 13.0. The third kappa shape index (κ3) is 4.12. The van der Waals surface area contributed by atoms with Crippen molar-refractivity contribution in [3.8, 4) is 5.69 Å². The molecule has 5 heteroatoms. The Morgan fingerprint density at radius 1 is 0.848 bits per heavy atom. The van der Waals surface area contributed by atoms with Gasteiger partial charge in [-0.2, -0.15) is 0 Å². The highest BCUT2D eigenvalue weighted by molar-refractivity contribution is 8.18. The first-order chi connectivity index (χ1) is 16.0. The Morgan fingerprint density at radius 3 is 2.36 bits per heavy atom. The van der Waals surface area contributed by atoms with Crippen molar-refractivity contribution in [1.82, 2.24) is 9.47 Å². The molecule has 0 radical (unpaired) electrons. The van der Waals surface area contributed by atoms with E-state index in [4.69, 9.17) is 0 Å². The average molecular weight is 453 g/mol. The van der Waals surface area contributed by atoms with Crippen LogP contribution in [0.5, 0.6) is 0 Å². The van der Waals surface area contributed by atoms with Crippen molar-refractivity contribution in [1.29, 1.82) is 0 Å². The van der Waals surface area contributed by atoms with Crippen LogP contribution in [-0.4, -0.2) is 27.2 Å². The molecule has 1 aliphatic rings. The molecule has 4 nitrogen and oxygen atoms in total. The topological polar surface area (TPSA) is 42.3 Å². The third-order valence-electron chi connectivity index (χ3n) is 6.09. The van der Waals surface area contributed by atoms with E-state index >= 15 is 0 Å². The summed E-state index contributed by atoms with van der Waals surface area (Å²) in [6.45, 7) is 4.50. The van der Waals surface area contributed by atoms with Crippen LogP contribution < -0.4 is 0 Å². The molecule has 0 N–H and O–H groups in total. The first kappa shape index (κ1) is 21.3. The van der Waals surface area contributed by atoms with Crippen molar-refractivity contribution in [2.75, 3.05) is 6.54 Å². The number of aryl methyl sites for hydroxylation is 1. The molecule has 2 amide bonds. The van der Waals surface area contributed by atoms with Gasteiger partial charge in [0.05, 0.1) is 4.91 Å². The van der Waals surface area contributed by atoms with Gasteiger partial charge in [-0.1, -0.05) is 60.7 Å². The maximum absolute atomic E-state index is 13.0. The summed E-state index contributed by atoms with van der Waals surface area (Å²) in [4.78, 5) is 27.3. The molecule has 0 unspecified atom stereocenters. The van der Waals surface area contributed by atoms with Crippen molar-refractivity contribution in [2.24, 2.45) is 0 Å². The van der Waals surface area contributed by atoms with Gasteiger partial charge in [-0.3, -0.25) is 14.5 Å². The number of imide groups is 1. The molecule has 4 aromatic rings. The van der Waals surface area contributed by atoms with Gasteiger partial charge in [0.1, 0.15) is 0 Å². The molecule has 0 spiro atoms. The fourth-order valence-electron chi connectivity index (χ4n) is 4.37. The summed E-state index contributed by atoms with van der Waals surface area (Å²) in [5, 5.41) is 2.18. The van der Waals surface area contributed by atoms with Gasteiger partial charge in [-0.25, -0.2) is 0 Å². The number of nitrogens with zero attached hydrogens (tertiary/aromatic N) is 2. The zero-order valence-electron chi connectivity index (χ0n) is 18.6. The maximum Gasteiger partial charge on any atom is 0.293 e. The smallest absolute Gasteiger partial charge is 0.293 e. The Morgan fingerprint density at radius 2 is 1.58 bits per heavy atom. The van der Waals surface area contributed by atoms with Crippen molar-refractivity contribution in [3.63, 3.8) is 0 Å². The summed E-state index contributed by atoms with van der Waals surface area (Å²) in [7, 11) is 0. The number of amides is 2. The Kier molecular flexibility index (Phi) is 5.65. The molecule has 2 heterocycles. The summed E-state index contributed by atoms with van der Waals surface area (Å²) in [6, 6.07) is 26.7. The Balaban J connectivity index is 1.41. The fourth-order valence-corrected chi connectivity index (χ4v) is 5.22. The molecule has 5 rings (SSSR count).